The number of nitrogens with one attached hydrogen (secondary N) is 2. The molecule has 2 heterocycles. The lowest BCUT2D eigenvalue weighted by Crippen LogP contribution is -2.30. The third-order valence-electron chi connectivity index (χ3n) is 6.56. The van der Waals surface area contributed by atoms with E-state index in [0.29, 0.717) is 11.3 Å². The van der Waals surface area contributed by atoms with Gasteiger partial charge in [-0.25, -0.2) is 0 Å². The fourth-order valence-electron chi connectivity index (χ4n) is 4.74. The molecule has 0 radical (unpaired) electrons. The van der Waals surface area contributed by atoms with Crippen LogP contribution >= 0.6 is 0 Å². The molecule has 0 saturated heterocycles. The summed E-state index contributed by atoms with van der Waals surface area (Å²) in [6.07, 6.45) is 4.46. The molecule has 5 heteroatoms. The molecule has 1 aliphatic heterocycles. The Balaban J connectivity index is 1.58. The molecule has 1 unspecified atom stereocenters. The van der Waals surface area contributed by atoms with Crippen LogP contribution in [0.25, 0.3) is 0 Å². The highest BCUT2D eigenvalue weighted by Gasteiger charge is 2.27. The summed E-state index contributed by atoms with van der Waals surface area (Å²) in [6.45, 7) is 4.91. The maximum Gasteiger partial charge on any atom is 0.268 e. The summed E-state index contributed by atoms with van der Waals surface area (Å²) in [6, 6.07) is 21.7. The van der Waals surface area contributed by atoms with E-state index in [1.165, 1.54) is 0 Å². The van der Waals surface area contributed by atoms with Gasteiger partial charge in [0.15, 0.2) is 0 Å². The number of aromatic nitrogens is 1. The molecule has 0 saturated carbocycles. The predicted molar refractivity (Wildman–Crippen MR) is 131 cm³/mol. The molecule has 5 nitrogen and oxygen atoms in total. The number of nitrogens with zero attached hydrogens (tertiary/aromatic N) is 1. The van der Waals surface area contributed by atoms with Crippen molar-refractivity contribution in [2.75, 3.05) is 0 Å². The smallest absolute Gasteiger partial charge is 0.268 e. The van der Waals surface area contributed by atoms with E-state index in [4.69, 9.17) is 0 Å². The second-order valence-electron chi connectivity index (χ2n) is 8.69. The summed E-state index contributed by atoms with van der Waals surface area (Å²) in [5.41, 5.74) is 4.36. The molecule has 33 heavy (non-hydrogen) atoms. The Morgan fingerprint density at radius 1 is 0.818 bits per heavy atom. The molecule has 3 aromatic rings. The van der Waals surface area contributed by atoms with Crippen molar-refractivity contribution in [2.24, 2.45) is 0 Å². The number of rotatable bonds is 8. The molecule has 1 aliphatic rings. The summed E-state index contributed by atoms with van der Waals surface area (Å²) < 4.78 is 2.05. The third-order valence-corrected chi connectivity index (χ3v) is 6.56. The van der Waals surface area contributed by atoms with E-state index in [2.05, 4.69) is 29.0 Å². The van der Waals surface area contributed by atoms with Gasteiger partial charge in [0.05, 0.1) is 17.6 Å². The summed E-state index contributed by atoms with van der Waals surface area (Å²) in [7, 11) is 0. The number of benzene rings is 2. The SMILES string of the molecule is CCC(NC(=O)c1cc(C(=O)N[C@H](CC)c2ccccc2)c2n1CCCC2)c1ccccc1. The first-order chi connectivity index (χ1) is 16.1. The second-order valence-corrected chi connectivity index (χ2v) is 8.69. The summed E-state index contributed by atoms with van der Waals surface area (Å²) in [5, 5.41) is 6.38. The van der Waals surface area contributed by atoms with E-state index in [0.717, 1.165) is 55.5 Å². The van der Waals surface area contributed by atoms with Gasteiger partial charge in [-0.05, 0) is 49.3 Å². The van der Waals surface area contributed by atoms with Crippen molar-refractivity contribution in [3.05, 3.63) is 94.8 Å². The van der Waals surface area contributed by atoms with Crippen LogP contribution in [0, 0.1) is 0 Å². The predicted octanol–water partition coefficient (Wildman–Crippen LogP) is 5.59. The minimum absolute atomic E-state index is 0.0577. The van der Waals surface area contributed by atoms with Crippen LogP contribution < -0.4 is 10.6 Å². The van der Waals surface area contributed by atoms with E-state index >= 15 is 0 Å². The van der Waals surface area contributed by atoms with Crippen molar-refractivity contribution >= 4 is 11.8 Å². The highest BCUT2D eigenvalue weighted by molar-refractivity contribution is 6.01. The molecule has 0 bridgehead atoms. The van der Waals surface area contributed by atoms with Crippen LogP contribution in [0.3, 0.4) is 0 Å². The maximum atomic E-state index is 13.3. The molecule has 0 spiro atoms. The van der Waals surface area contributed by atoms with Crippen molar-refractivity contribution in [3.8, 4) is 0 Å². The summed E-state index contributed by atoms with van der Waals surface area (Å²) >= 11 is 0. The lowest BCUT2D eigenvalue weighted by molar-refractivity contribution is 0.0922. The van der Waals surface area contributed by atoms with Crippen molar-refractivity contribution in [1.29, 1.82) is 0 Å². The first-order valence-corrected chi connectivity index (χ1v) is 12.1. The molecular weight excluding hydrogens is 410 g/mol. The van der Waals surface area contributed by atoms with Gasteiger partial charge < -0.3 is 15.2 Å². The zero-order chi connectivity index (χ0) is 23.2. The second kappa shape index (κ2) is 10.5. The Labute approximate surface area is 196 Å². The minimum Gasteiger partial charge on any atom is -0.345 e. The van der Waals surface area contributed by atoms with Gasteiger partial charge in [-0.15, -0.1) is 0 Å². The average Bonchev–Trinajstić information content (AvgIpc) is 3.26. The number of carbonyl (C=O) groups is 2. The fraction of sp³-hybridized carbons (Fsp3) is 0.357. The van der Waals surface area contributed by atoms with Crippen LogP contribution in [0.4, 0.5) is 0 Å². The number of fused-ring (bicyclic) bond motifs is 1. The molecule has 2 amide bonds. The fourth-order valence-corrected chi connectivity index (χ4v) is 4.74. The molecule has 172 valence electrons. The summed E-state index contributed by atoms with van der Waals surface area (Å²) in [4.78, 5) is 26.7. The molecule has 2 atom stereocenters. The topological polar surface area (TPSA) is 63.1 Å². The van der Waals surface area contributed by atoms with Gasteiger partial charge in [-0.1, -0.05) is 74.5 Å². The van der Waals surface area contributed by atoms with Crippen LogP contribution in [0.1, 0.15) is 89.3 Å². The Morgan fingerprint density at radius 3 is 1.91 bits per heavy atom. The van der Waals surface area contributed by atoms with Crippen molar-refractivity contribution in [1.82, 2.24) is 15.2 Å². The molecule has 0 fully saturated rings. The normalized spacial score (nSPS) is 14.7. The van der Waals surface area contributed by atoms with Gasteiger partial charge in [-0.3, -0.25) is 9.59 Å². The van der Waals surface area contributed by atoms with Crippen LogP contribution in [0.15, 0.2) is 66.7 Å². The van der Waals surface area contributed by atoms with Gasteiger partial charge in [0.2, 0.25) is 0 Å². The Morgan fingerprint density at radius 2 is 1.36 bits per heavy atom. The molecule has 1 aromatic heterocycles. The van der Waals surface area contributed by atoms with Crippen LogP contribution in [0.5, 0.6) is 0 Å². The minimum atomic E-state index is -0.122. The number of hydrogen-bond acceptors (Lipinski definition) is 2. The molecule has 2 N–H and O–H groups in total. The van der Waals surface area contributed by atoms with Crippen molar-refractivity contribution in [2.45, 2.75) is 64.6 Å². The van der Waals surface area contributed by atoms with Gasteiger partial charge in [-0.2, -0.15) is 0 Å². The lowest BCUT2D eigenvalue weighted by atomic mass is 10.0. The molecule has 4 rings (SSSR count). The lowest BCUT2D eigenvalue weighted by Gasteiger charge is -2.21. The van der Waals surface area contributed by atoms with E-state index < -0.39 is 0 Å². The van der Waals surface area contributed by atoms with E-state index in [9.17, 15) is 9.59 Å². The quantitative estimate of drug-likeness (QED) is 0.477. The van der Waals surface area contributed by atoms with Crippen LogP contribution in [0.2, 0.25) is 0 Å². The highest BCUT2D eigenvalue weighted by atomic mass is 16.2. The largest absolute Gasteiger partial charge is 0.345 e. The Kier molecular flexibility index (Phi) is 7.28. The highest BCUT2D eigenvalue weighted by Crippen LogP contribution is 2.26. The number of carbonyl (C=O) groups excluding carboxylic acids is 2. The maximum absolute atomic E-state index is 13.3. The van der Waals surface area contributed by atoms with E-state index in [-0.39, 0.29) is 23.9 Å². The number of hydrogen-bond donors (Lipinski definition) is 2. The first kappa shape index (κ1) is 22.8. The molecule has 2 aromatic carbocycles. The van der Waals surface area contributed by atoms with Gasteiger partial charge >= 0.3 is 0 Å². The zero-order valence-corrected chi connectivity index (χ0v) is 19.5. The standard InChI is InChI=1S/C28H33N3O2/c1-3-23(20-13-7-5-8-14-20)29-27(32)22-19-26(31-18-12-11-17-25(22)31)28(33)30-24(4-2)21-15-9-6-10-16-21/h5-10,13-16,19,23-24H,3-4,11-12,17-18H2,1-2H3,(H,29,32)(H,30,33)/t23-,24?/m1/s1. The Hall–Kier alpha value is -3.34. The van der Waals surface area contributed by atoms with Gasteiger partial charge in [0.1, 0.15) is 5.69 Å². The van der Waals surface area contributed by atoms with Crippen molar-refractivity contribution < 1.29 is 9.59 Å². The van der Waals surface area contributed by atoms with Crippen LogP contribution in [-0.2, 0) is 13.0 Å². The first-order valence-electron chi connectivity index (χ1n) is 12.1. The monoisotopic (exact) mass is 443 g/mol. The van der Waals surface area contributed by atoms with E-state index in [1.54, 1.807) is 6.07 Å². The van der Waals surface area contributed by atoms with E-state index in [1.807, 2.05) is 60.7 Å². The summed E-state index contributed by atoms with van der Waals surface area (Å²) in [5.74, 6) is -0.228. The Bertz CT molecular complexity index is 1000. The number of amides is 2. The third kappa shape index (κ3) is 5.03. The van der Waals surface area contributed by atoms with Gasteiger partial charge in [0, 0.05) is 12.2 Å². The van der Waals surface area contributed by atoms with Gasteiger partial charge in [0.25, 0.3) is 11.8 Å². The zero-order valence-electron chi connectivity index (χ0n) is 19.5. The van der Waals surface area contributed by atoms with Crippen LogP contribution in [-0.4, -0.2) is 16.4 Å². The molecular formula is C28H33N3O2. The molecule has 0 aliphatic carbocycles. The average molecular weight is 444 g/mol. The van der Waals surface area contributed by atoms with Crippen molar-refractivity contribution in [3.63, 3.8) is 0 Å².